The van der Waals surface area contributed by atoms with Gasteiger partial charge < -0.3 is 10.6 Å². The van der Waals surface area contributed by atoms with Crippen LogP contribution in [0.2, 0.25) is 0 Å². The van der Waals surface area contributed by atoms with Crippen LogP contribution in [-0.2, 0) is 0 Å². The molecule has 2 heterocycles. The highest BCUT2D eigenvalue weighted by atomic mass is 32.1. The third kappa shape index (κ3) is 2.64. The fraction of sp³-hybridized carbons (Fsp3) is 0.333. The smallest absolute Gasteiger partial charge is 0.0673 e. The van der Waals surface area contributed by atoms with E-state index in [9.17, 15) is 0 Å². The molecule has 18 heavy (non-hydrogen) atoms. The van der Waals surface area contributed by atoms with Crippen LogP contribution in [0.1, 0.15) is 22.9 Å². The molecule has 2 nitrogen and oxygen atoms in total. The van der Waals surface area contributed by atoms with Gasteiger partial charge >= 0.3 is 0 Å². The van der Waals surface area contributed by atoms with Crippen molar-refractivity contribution in [1.82, 2.24) is 10.6 Å². The molecule has 0 bridgehead atoms. The third-order valence-electron chi connectivity index (χ3n) is 3.42. The average Bonchev–Trinajstić information content (AvgIpc) is 3.10. The molecule has 2 unspecified atom stereocenters. The van der Waals surface area contributed by atoms with Crippen LogP contribution in [0.15, 0.2) is 47.8 Å². The minimum absolute atomic E-state index is 0.330. The maximum atomic E-state index is 3.78. The number of thiophene rings is 1. The molecule has 0 radical (unpaired) electrons. The molecule has 1 fully saturated rings. The summed E-state index contributed by atoms with van der Waals surface area (Å²) in [5.74, 6) is 0. The maximum absolute atomic E-state index is 3.78. The van der Waals surface area contributed by atoms with Gasteiger partial charge in [0, 0.05) is 17.5 Å². The van der Waals surface area contributed by atoms with Gasteiger partial charge in [-0.1, -0.05) is 36.4 Å². The molecular formula is C15H18N2S. The lowest BCUT2D eigenvalue weighted by molar-refractivity contribution is 0.502. The van der Waals surface area contributed by atoms with E-state index in [0.717, 1.165) is 13.1 Å². The van der Waals surface area contributed by atoms with Gasteiger partial charge in [0.05, 0.1) is 6.04 Å². The second-order valence-corrected chi connectivity index (χ2v) is 5.69. The van der Waals surface area contributed by atoms with Crippen molar-refractivity contribution in [2.24, 2.45) is 0 Å². The normalized spacial score (nSPS) is 21.0. The van der Waals surface area contributed by atoms with E-state index < -0.39 is 0 Å². The van der Waals surface area contributed by atoms with Crippen molar-refractivity contribution in [2.75, 3.05) is 13.1 Å². The Hall–Kier alpha value is -1.16. The van der Waals surface area contributed by atoms with E-state index in [1.54, 1.807) is 0 Å². The number of rotatable bonds is 4. The van der Waals surface area contributed by atoms with Crippen LogP contribution >= 0.6 is 11.3 Å². The van der Waals surface area contributed by atoms with Crippen LogP contribution in [0.4, 0.5) is 0 Å². The molecule has 2 N–H and O–H groups in total. The standard InChI is InChI=1S/C15H18N2S/c1-2-5-12(6-3-1)15(14-7-4-10-18-14)17-13-8-9-16-11-13/h1-7,10,13,15-17H,8-9,11H2. The lowest BCUT2D eigenvalue weighted by atomic mass is 10.0. The Morgan fingerprint density at radius 1 is 1.17 bits per heavy atom. The zero-order chi connectivity index (χ0) is 12.2. The SMILES string of the molecule is c1ccc(C(NC2CCNC2)c2cccs2)cc1. The highest BCUT2D eigenvalue weighted by molar-refractivity contribution is 7.10. The first kappa shape index (κ1) is 11.9. The Kier molecular flexibility index (Phi) is 3.74. The summed E-state index contributed by atoms with van der Waals surface area (Å²) in [4.78, 5) is 1.40. The van der Waals surface area contributed by atoms with E-state index in [2.05, 4.69) is 58.5 Å². The van der Waals surface area contributed by atoms with Crippen molar-refractivity contribution in [3.05, 3.63) is 58.3 Å². The Labute approximate surface area is 112 Å². The molecule has 1 aromatic heterocycles. The molecule has 3 rings (SSSR count). The molecule has 94 valence electrons. The monoisotopic (exact) mass is 258 g/mol. The van der Waals surface area contributed by atoms with Crippen molar-refractivity contribution >= 4 is 11.3 Å². The first-order valence-corrected chi connectivity index (χ1v) is 7.36. The Morgan fingerprint density at radius 3 is 2.72 bits per heavy atom. The van der Waals surface area contributed by atoms with Gasteiger partial charge in [0.15, 0.2) is 0 Å². The van der Waals surface area contributed by atoms with E-state index in [1.807, 2.05) is 11.3 Å². The van der Waals surface area contributed by atoms with Crippen LogP contribution in [-0.4, -0.2) is 19.1 Å². The molecule has 1 aromatic carbocycles. The van der Waals surface area contributed by atoms with Crippen molar-refractivity contribution in [3.8, 4) is 0 Å². The van der Waals surface area contributed by atoms with Gasteiger partial charge in [-0.2, -0.15) is 0 Å². The van der Waals surface area contributed by atoms with Gasteiger partial charge in [0.2, 0.25) is 0 Å². The minimum atomic E-state index is 0.330. The second kappa shape index (κ2) is 5.65. The van der Waals surface area contributed by atoms with E-state index in [1.165, 1.54) is 16.9 Å². The van der Waals surface area contributed by atoms with Gasteiger partial charge in [-0.25, -0.2) is 0 Å². The second-order valence-electron chi connectivity index (χ2n) is 4.72. The fourth-order valence-electron chi connectivity index (χ4n) is 2.48. The van der Waals surface area contributed by atoms with Gasteiger partial charge in [-0.3, -0.25) is 0 Å². The summed E-state index contributed by atoms with van der Waals surface area (Å²) in [6, 6.07) is 16.0. The van der Waals surface area contributed by atoms with Crippen LogP contribution in [0, 0.1) is 0 Å². The van der Waals surface area contributed by atoms with Crippen LogP contribution in [0.25, 0.3) is 0 Å². The summed E-state index contributed by atoms with van der Waals surface area (Å²) in [7, 11) is 0. The predicted octanol–water partition coefficient (Wildman–Crippen LogP) is 2.79. The molecule has 0 saturated carbocycles. The summed E-state index contributed by atoms with van der Waals surface area (Å²) < 4.78 is 0. The Balaban J connectivity index is 1.84. The van der Waals surface area contributed by atoms with Crippen molar-refractivity contribution in [2.45, 2.75) is 18.5 Å². The molecule has 0 aliphatic carbocycles. The third-order valence-corrected chi connectivity index (χ3v) is 4.36. The number of benzene rings is 1. The van der Waals surface area contributed by atoms with Crippen molar-refractivity contribution in [3.63, 3.8) is 0 Å². The van der Waals surface area contributed by atoms with E-state index in [-0.39, 0.29) is 0 Å². The van der Waals surface area contributed by atoms with Crippen molar-refractivity contribution < 1.29 is 0 Å². The zero-order valence-electron chi connectivity index (χ0n) is 10.3. The maximum Gasteiger partial charge on any atom is 0.0673 e. The Bertz CT molecular complexity index is 461. The largest absolute Gasteiger partial charge is 0.315 e. The number of nitrogens with one attached hydrogen (secondary N) is 2. The van der Waals surface area contributed by atoms with Crippen LogP contribution in [0.3, 0.4) is 0 Å². The van der Waals surface area contributed by atoms with E-state index in [0.29, 0.717) is 12.1 Å². The topological polar surface area (TPSA) is 24.1 Å². The first-order valence-electron chi connectivity index (χ1n) is 6.48. The molecule has 1 aliphatic heterocycles. The highest BCUT2D eigenvalue weighted by Gasteiger charge is 2.21. The van der Waals surface area contributed by atoms with E-state index in [4.69, 9.17) is 0 Å². The Morgan fingerprint density at radius 2 is 2.06 bits per heavy atom. The lowest BCUT2D eigenvalue weighted by Crippen LogP contribution is -2.34. The predicted molar refractivity (Wildman–Crippen MR) is 77.0 cm³/mol. The lowest BCUT2D eigenvalue weighted by Gasteiger charge is -2.22. The van der Waals surface area contributed by atoms with Gasteiger partial charge in [0.25, 0.3) is 0 Å². The molecule has 3 heteroatoms. The average molecular weight is 258 g/mol. The van der Waals surface area contributed by atoms with Crippen molar-refractivity contribution in [1.29, 1.82) is 0 Å². The first-order chi connectivity index (χ1) is 8.93. The molecule has 0 spiro atoms. The fourth-order valence-corrected chi connectivity index (χ4v) is 3.29. The van der Waals surface area contributed by atoms with Crippen LogP contribution in [0.5, 0.6) is 0 Å². The summed E-state index contributed by atoms with van der Waals surface area (Å²) in [5, 5.41) is 9.35. The van der Waals surface area contributed by atoms with Gasteiger partial charge in [-0.05, 0) is 30.0 Å². The molecule has 1 aliphatic rings. The number of hydrogen-bond donors (Lipinski definition) is 2. The molecule has 2 aromatic rings. The molecule has 1 saturated heterocycles. The summed E-state index contributed by atoms with van der Waals surface area (Å²) >= 11 is 1.83. The molecular weight excluding hydrogens is 240 g/mol. The summed E-state index contributed by atoms with van der Waals surface area (Å²) in [5.41, 5.74) is 1.35. The number of hydrogen-bond acceptors (Lipinski definition) is 3. The van der Waals surface area contributed by atoms with Gasteiger partial charge in [-0.15, -0.1) is 11.3 Å². The quantitative estimate of drug-likeness (QED) is 0.881. The molecule has 0 amide bonds. The summed E-state index contributed by atoms with van der Waals surface area (Å²) in [6.07, 6.45) is 1.22. The van der Waals surface area contributed by atoms with Crippen LogP contribution < -0.4 is 10.6 Å². The highest BCUT2D eigenvalue weighted by Crippen LogP contribution is 2.26. The zero-order valence-corrected chi connectivity index (χ0v) is 11.1. The summed E-state index contributed by atoms with van der Waals surface area (Å²) in [6.45, 7) is 2.21. The molecule has 2 atom stereocenters. The minimum Gasteiger partial charge on any atom is -0.315 e. The van der Waals surface area contributed by atoms with E-state index >= 15 is 0 Å². The van der Waals surface area contributed by atoms with Gasteiger partial charge in [0.1, 0.15) is 0 Å².